The molecule has 0 radical (unpaired) electrons. The Balaban J connectivity index is 2.61. The number of hydrogen-bond acceptors (Lipinski definition) is 7. The number of halogens is 1. The highest BCUT2D eigenvalue weighted by atomic mass is 19.1. The molecule has 0 unspecified atom stereocenters. The number of nitrogens with zero attached hydrogens (tertiary/aromatic N) is 2. The fourth-order valence-electron chi connectivity index (χ4n) is 2.56. The van der Waals surface area contributed by atoms with Crippen LogP contribution in [0.1, 0.15) is 41.5 Å². The van der Waals surface area contributed by atoms with Crippen molar-refractivity contribution < 1.29 is 33.4 Å². The molecule has 0 fully saturated rings. The van der Waals surface area contributed by atoms with Crippen LogP contribution in [-0.2, 0) is 14.3 Å². The van der Waals surface area contributed by atoms with E-state index in [4.69, 9.17) is 14.6 Å². The molecule has 0 bridgehead atoms. The molecule has 0 aliphatic carbocycles. The Hall–Kier alpha value is -3.43. The summed E-state index contributed by atoms with van der Waals surface area (Å²) in [5, 5.41) is 11.5. The summed E-state index contributed by atoms with van der Waals surface area (Å²) in [6, 6.07) is 4.00. The van der Waals surface area contributed by atoms with E-state index in [1.807, 2.05) is 0 Å². The molecule has 10 heteroatoms. The third kappa shape index (κ3) is 6.53. The molecule has 9 nitrogen and oxygen atoms in total. The van der Waals surface area contributed by atoms with Gasteiger partial charge in [0.05, 0.1) is 5.39 Å². The molecule has 2 amide bonds. The summed E-state index contributed by atoms with van der Waals surface area (Å²) in [7, 11) is 0. The molecule has 31 heavy (non-hydrogen) atoms. The van der Waals surface area contributed by atoms with Crippen molar-refractivity contribution >= 4 is 40.4 Å². The molecule has 1 aromatic heterocycles. The van der Waals surface area contributed by atoms with Gasteiger partial charge >= 0.3 is 18.2 Å². The quantitative estimate of drug-likeness (QED) is 0.718. The number of amides is 2. The number of fused-ring (bicyclic) bond motifs is 1. The number of carboxylic acid groups (broad SMARTS) is 1. The van der Waals surface area contributed by atoms with E-state index < -0.39 is 41.7 Å². The second-order valence-corrected chi connectivity index (χ2v) is 8.73. The Morgan fingerprint density at radius 3 is 2.10 bits per heavy atom. The van der Waals surface area contributed by atoms with Gasteiger partial charge in [0.2, 0.25) is 0 Å². The van der Waals surface area contributed by atoms with Crippen LogP contribution in [0.2, 0.25) is 0 Å². The van der Waals surface area contributed by atoms with Crippen LogP contribution >= 0.6 is 0 Å². The van der Waals surface area contributed by atoms with Gasteiger partial charge in [0.15, 0.2) is 5.82 Å². The van der Waals surface area contributed by atoms with Crippen LogP contribution in [0.3, 0.4) is 0 Å². The largest absolute Gasteiger partial charge is 0.480 e. The number of carboxylic acids is 1. The number of aromatic nitrogens is 1. The first-order chi connectivity index (χ1) is 14.2. The molecule has 0 atom stereocenters. The van der Waals surface area contributed by atoms with Gasteiger partial charge < -0.3 is 19.9 Å². The number of nitrogens with one attached hydrogen (secondary N) is 1. The average Bonchev–Trinajstić information content (AvgIpc) is 2.56. The number of anilines is 2. The summed E-state index contributed by atoms with van der Waals surface area (Å²) < 4.78 is 25.7. The monoisotopic (exact) mass is 435 g/mol. The van der Waals surface area contributed by atoms with Gasteiger partial charge in [-0.3, -0.25) is 4.79 Å². The highest BCUT2D eigenvalue weighted by Crippen LogP contribution is 2.32. The first-order valence-corrected chi connectivity index (χ1v) is 9.48. The van der Waals surface area contributed by atoms with Gasteiger partial charge in [0.1, 0.15) is 23.6 Å². The zero-order valence-corrected chi connectivity index (χ0v) is 18.3. The number of rotatable bonds is 4. The van der Waals surface area contributed by atoms with Crippen LogP contribution in [0, 0.1) is 5.82 Å². The van der Waals surface area contributed by atoms with Gasteiger partial charge in [-0.05, 0) is 65.1 Å². The number of imide groups is 1. The standard InChI is InChI=1S/C21H26FN3O6/c1-20(2,3)30-18(28)25(19(29)31-21(4,5)6)17-16-12(7-8-23-17)9-13(10-14(16)22)24-11-15(26)27/h7-10,24H,11H2,1-6H3,(H,26,27). The van der Waals surface area contributed by atoms with Gasteiger partial charge in [-0.15, -0.1) is 0 Å². The first kappa shape index (κ1) is 23.8. The molecule has 1 aromatic carbocycles. The SMILES string of the molecule is CC(C)(C)OC(=O)N(C(=O)OC(C)(C)C)c1nccc2cc(NCC(=O)O)cc(F)c12. The topological polar surface area (TPSA) is 118 Å². The van der Waals surface area contributed by atoms with E-state index in [0.717, 1.165) is 6.07 Å². The summed E-state index contributed by atoms with van der Waals surface area (Å²) in [5.74, 6) is -2.23. The molecule has 2 rings (SSSR count). The molecule has 2 N–H and O–H groups in total. The maximum atomic E-state index is 15.0. The number of benzene rings is 1. The molecule has 1 heterocycles. The fourth-order valence-corrected chi connectivity index (χ4v) is 2.56. The number of ether oxygens (including phenoxy) is 2. The van der Waals surface area contributed by atoms with Crippen molar-refractivity contribution in [1.29, 1.82) is 0 Å². The van der Waals surface area contributed by atoms with Crippen LogP contribution in [-0.4, -0.2) is 46.0 Å². The lowest BCUT2D eigenvalue weighted by Crippen LogP contribution is -2.44. The van der Waals surface area contributed by atoms with E-state index in [1.165, 1.54) is 18.3 Å². The van der Waals surface area contributed by atoms with Crippen molar-refractivity contribution in [1.82, 2.24) is 4.98 Å². The lowest BCUT2D eigenvalue weighted by molar-refractivity contribution is -0.134. The molecular formula is C21H26FN3O6. The molecule has 0 aliphatic heterocycles. The van der Waals surface area contributed by atoms with E-state index in [2.05, 4.69) is 10.3 Å². The number of hydrogen-bond donors (Lipinski definition) is 2. The lowest BCUT2D eigenvalue weighted by Gasteiger charge is -2.28. The third-order valence-corrected chi connectivity index (χ3v) is 3.60. The Morgan fingerprint density at radius 1 is 1.06 bits per heavy atom. The van der Waals surface area contributed by atoms with Crippen molar-refractivity contribution in [3.05, 3.63) is 30.2 Å². The van der Waals surface area contributed by atoms with Crippen LogP contribution in [0.25, 0.3) is 10.8 Å². The Morgan fingerprint density at radius 2 is 1.61 bits per heavy atom. The van der Waals surface area contributed by atoms with Crippen molar-refractivity contribution in [2.75, 3.05) is 16.8 Å². The molecule has 2 aromatic rings. The first-order valence-electron chi connectivity index (χ1n) is 9.48. The minimum Gasteiger partial charge on any atom is -0.480 e. The highest BCUT2D eigenvalue weighted by Gasteiger charge is 2.35. The van der Waals surface area contributed by atoms with E-state index in [0.29, 0.717) is 4.90 Å². The van der Waals surface area contributed by atoms with Crippen molar-refractivity contribution in [2.24, 2.45) is 0 Å². The van der Waals surface area contributed by atoms with E-state index >= 15 is 4.39 Å². The summed E-state index contributed by atoms with van der Waals surface area (Å²) >= 11 is 0. The predicted molar refractivity (Wildman–Crippen MR) is 113 cm³/mol. The summed E-state index contributed by atoms with van der Waals surface area (Å²) in [6.45, 7) is 9.31. The minimum atomic E-state index is -1.11. The van der Waals surface area contributed by atoms with Gasteiger partial charge in [0.25, 0.3) is 0 Å². The van der Waals surface area contributed by atoms with Gasteiger partial charge in [0, 0.05) is 11.9 Å². The van der Waals surface area contributed by atoms with Crippen LogP contribution in [0.15, 0.2) is 24.4 Å². The molecular weight excluding hydrogens is 409 g/mol. The van der Waals surface area contributed by atoms with Gasteiger partial charge in [-0.2, -0.15) is 4.90 Å². The van der Waals surface area contributed by atoms with Crippen LogP contribution in [0.4, 0.5) is 25.5 Å². The zero-order chi connectivity index (χ0) is 23.6. The second-order valence-electron chi connectivity index (χ2n) is 8.73. The van der Waals surface area contributed by atoms with E-state index in [9.17, 15) is 14.4 Å². The molecule has 0 saturated heterocycles. The van der Waals surface area contributed by atoms with Gasteiger partial charge in [-0.1, -0.05) is 0 Å². The normalized spacial score (nSPS) is 11.7. The lowest BCUT2D eigenvalue weighted by atomic mass is 10.1. The van der Waals surface area contributed by atoms with E-state index in [-0.39, 0.29) is 22.3 Å². The number of pyridine rings is 1. The predicted octanol–water partition coefficient (Wildman–Crippen LogP) is 4.55. The maximum Gasteiger partial charge on any atom is 0.425 e. The van der Waals surface area contributed by atoms with Crippen molar-refractivity contribution in [3.63, 3.8) is 0 Å². The average molecular weight is 435 g/mol. The summed E-state index contributed by atoms with van der Waals surface area (Å²) in [5.41, 5.74) is -1.66. The van der Waals surface area contributed by atoms with Crippen LogP contribution < -0.4 is 10.2 Å². The van der Waals surface area contributed by atoms with Crippen LogP contribution in [0.5, 0.6) is 0 Å². The maximum absolute atomic E-state index is 15.0. The summed E-state index contributed by atoms with van der Waals surface area (Å²) in [4.78, 5) is 41.1. The van der Waals surface area contributed by atoms with Gasteiger partial charge in [-0.25, -0.2) is 19.0 Å². The Kier molecular flexibility index (Phi) is 6.73. The number of aliphatic carboxylic acids is 1. The Bertz CT molecular complexity index is 983. The molecule has 0 aliphatic rings. The molecule has 0 saturated carbocycles. The summed E-state index contributed by atoms with van der Waals surface area (Å²) in [6.07, 6.45) is -0.858. The van der Waals surface area contributed by atoms with Crippen molar-refractivity contribution in [2.45, 2.75) is 52.7 Å². The highest BCUT2D eigenvalue weighted by molar-refractivity contribution is 6.14. The second kappa shape index (κ2) is 8.75. The smallest absolute Gasteiger partial charge is 0.425 e. The minimum absolute atomic E-state index is 0.125. The van der Waals surface area contributed by atoms with Crippen molar-refractivity contribution in [3.8, 4) is 0 Å². The third-order valence-electron chi connectivity index (χ3n) is 3.60. The fraction of sp³-hybridized carbons (Fsp3) is 0.429. The number of carbonyl (C=O) groups excluding carboxylic acids is 2. The zero-order valence-electron chi connectivity index (χ0n) is 18.3. The molecule has 0 spiro atoms. The Labute approximate surface area is 179 Å². The van der Waals surface area contributed by atoms with E-state index in [1.54, 1.807) is 41.5 Å². The number of carbonyl (C=O) groups is 3. The molecule has 168 valence electrons.